The van der Waals surface area contributed by atoms with Crippen molar-refractivity contribution < 1.29 is 9.59 Å². The van der Waals surface area contributed by atoms with Crippen LogP contribution in [0.2, 0.25) is 0 Å². The quantitative estimate of drug-likeness (QED) is 0.514. The lowest BCUT2D eigenvalue weighted by atomic mass is 9.99. The van der Waals surface area contributed by atoms with Crippen LogP contribution in [-0.2, 0) is 4.79 Å². The lowest BCUT2D eigenvalue weighted by Gasteiger charge is -2.29. The first-order valence-electron chi connectivity index (χ1n) is 11.4. The molecule has 0 aliphatic carbocycles. The second-order valence-electron chi connectivity index (χ2n) is 8.82. The number of hydrogen-bond donors (Lipinski definition) is 3. The Hall–Kier alpha value is -3.96. The van der Waals surface area contributed by atoms with Gasteiger partial charge >= 0.3 is 6.03 Å². The van der Waals surface area contributed by atoms with Gasteiger partial charge in [0.05, 0.1) is 29.4 Å². The molecule has 174 valence electrons. The molecule has 3 amide bonds. The van der Waals surface area contributed by atoms with Crippen molar-refractivity contribution in [2.45, 2.75) is 26.7 Å². The molecule has 0 radical (unpaired) electrons. The van der Waals surface area contributed by atoms with Crippen molar-refractivity contribution >= 4 is 39.9 Å². The van der Waals surface area contributed by atoms with Crippen LogP contribution >= 0.6 is 0 Å². The van der Waals surface area contributed by atoms with Gasteiger partial charge in [0.15, 0.2) is 0 Å². The molecular formula is C26H28N6O2. The summed E-state index contributed by atoms with van der Waals surface area (Å²) < 4.78 is 0. The molecule has 1 aliphatic heterocycles. The Morgan fingerprint density at radius 3 is 2.53 bits per heavy atom. The van der Waals surface area contributed by atoms with E-state index in [9.17, 15) is 9.59 Å². The molecule has 1 saturated heterocycles. The Labute approximate surface area is 199 Å². The molecule has 0 atom stereocenters. The zero-order valence-electron chi connectivity index (χ0n) is 19.4. The molecule has 0 bridgehead atoms. The molecule has 0 saturated carbocycles. The number of piperidine rings is 1. The topological polar surface area (TPSA) is 110 Å². The maximum absolute atomic E-state index is 12.8. The average molecular weight is 457 g/mol. The Balaban J connectivity index is 1.48. The van der Waals surface area contributed by atoms with Crippen LogP contribution in [0.1, 0.15) is 31.0 Å². The van der Waals surface area contributed by atoms with Crippen molar-refractivity contribution in [3.05, 3.63) is 59.8 Å². The van der Waals surface area contributed by atoms with E-state index in [1.165, 1.54) is 0 Å². The van der Waals surface area contributed by atoms with Gasteiger partial charge in [-0.15, -0.1) is 0 Å². The van der Waals surface area contributed by atoms with Gasteiger partial charge in [-0.1, -0.05) is 13.0 Å². The van der Waals surface area contributed by atoms with E-state index in [0.717, 1.165) is 42.5 Å². The normalized spacial score (nSPS) is 14.4. The van der Waals surface area contributed by atoms with Gasteiger partial charge in [-0.25, -0.2) is 4.79 Å². The fourth-order valence-corrected chi connectivity index (χ4v) is 4.11. The average Bonchev–Trinajstić information content (AvgIpc) is 2.81. The van der Waals surface area contributed by atoms with E-state index in [0.29, 0.717) is 35.1 Å². The van der Waals surface area contributed by atoms with Crippen molar-refractivity contribution in [3.8, 4) is 6.07 Å². The van der Waals surface area contributed by atoms with Crippen LogP contribution in [0.3, 0.4) is 0 Å². The van der Waals surface area contributed by atoms with E-state index in [1.54, 1.807) is 36.4 Å². The van der Waals surface area contributed by atoms with Crippen molar-refractivity contribution in [2.24, 2.45) is 5.92 Å². The van der Waals surface area contributed by atoms with Gasteiger partial charge in [0.25, 0.3) is 0 Å². The largest absolute Gasteiger partial charge is 0.324 e. The molecule has 2 aromatic carbocycles. The number of nitriles is 1. The minimum atomic E-state index is -0.431. The van der Waals surface area contributed by atoms with Crippen molar-refractivity contribution in [1.82, 2.24) is 9.88 Å². The number of amides is 3. The monoisotopic (exact) mass is 456 g/mol. The number of urea groups is 1. The van der Waals surface area contributed by atoms with Crippen molar-refractivity contribution in [1.29, 1.82) is 5.26 Å². The SMILES string of the molecule is Cc1cc(NC(=O)CN2CCC(C)CC2)c2cc(NC(=O)Nc3cccc(C#N)c3)ccc2n1. The molecule has 2 heterocycles. The van der Waals surface area contributed by atoms with Crippen LogP contribution in [0.15, 0.2) is 48.5 Å². The van der Waals surface area contributed by atoms with Gasteiger partial charge in [0, 0.05) is 22.5 Å². The Kier molecular flexibility index (Phi) is 7.04. The zero-order valence-corrected chi connectivity index (χ0v) is 19.4. The van der Waals surface area contributed by atoms with Gasteiger partial charge in [0.1, 0.15) is 0 Å². The second-order valence-corrected chi connectivity index (χ2v) is 8.82. The summed E-state index contributed by atoms with van der Waals surface area (Å²) >= 11 is 0. The van der Waals surface area contributed by atoms with Crippen LogP contribution < -0.4 is 16.0 Å². The van der Waals surface area contributed by atoms with Gasteiger partial charge in [-0.2, -0.15) is 5.26 Å². The maximum atomic E-state index is 12.8. The molecule has 3 N–H and O–H groups in total. The minimum absolute atomic E-state index is 0.0602. The smallest absolute Gasteiger partial charge is 0.323 e. The number of anilines is 3. The number of aromatic nitrogens is 1. The van der Waals surface area contributed by atoms with E-state index < -0.39 is 6.03 Å². The third-order valence-corrected chi connectivity index (χ3v) is 5.96. The summed E-state index contributed by atoms with van der Waals surface area (Å²) in [4.78, 5) is 32.0. The summed E-state index contributed by atoms with van der Waals surface area (Å²) in [5, 5.41) is 18.3. The molecule has 3 aromatic rings. The molecule has 8 nitrogen and oxygen atoms in total. The Bertz CT molecular complexity index is 1260. The number of hydrogen-bond acceptors (Lipinski definition) is 5. The summed E-state index contributed by atoms with van der Waals surface area (Å²) in [5.41, 5.74) is 3.75. The molecule has 1 aromatic heterocycles. The third-order valence-electron chi connectivity index (χ3n) is 5.96. The minimum Gasteiger partial charge on any atom is -0.324 e. The number of carbonyl (C=O) groups excluding carboxylic acids is 2. The number of pyridine rings is 1. The van der Waals surface area contributed by atoms with Crippen LogP contribution in [-0.4, -0.2) is 41.5 Å². The number of likely N-dealkylation sites (tertiary alicyclic amines) is 1. The fraction of sp³-hybridized carbons (Fsp3) is 0.308. The van der Waals surface area contributed by atoms with Gasteiger partial charge in [-0.3, -0.25) is 14.7 Å². The van der Waals surface area contributed by atoms with Crippen LogP contribution in [0, 0.1) is 24.2 Å². The molecule has 4 rings (SSSR count). The molecule has 1 fully saturated rings. The summed E-state index contributed by atoms with van der Waals surface area (Å²) in [7, 11) is 0. The van der Waals surface area contributed by atoms with Crippen LogP contribution in [0.5, 0.6) is 0 Å². The molecular weight excluding hydrogens is 428 g/mol. The lowest BCUT2D eigenvalue weighted by Crippen LogP contribution is -2.38. The van der Waals surface area contributed by atoms with E-state index in [1.807, 2.05) is 25.1 Å². The first kappa shape index (κ1) is 23.2. The zero-order chi connectivity index (χ0) is 24.1. The van der Waals surface area contributed by atoms with E-state index in [2.05, 4.69) is 32.8 Å². The number of nitrogens with zero attached hydrogens (tertiary/aromatic N) is 3. The Morgan fingerprint density at radius 1 is 1.06 bits per heavy atom. The predicted molar refractivity (Wildman–Crippen MR) is 134 cm³/mol. The standard InChI is InChI=1S/C26H28N6O2/c1-17-8-10-32(11-9-17)16-25(33)31-24-12-18(2)28-23-7-6-21(14-22(23)24)30-26(34)29-20-5-3-4-19(13-20)15-27/h3-7,12-14,17H,8-11,16H2,1-2H3,(H,28,31,33)(H2,29,30,34). The number of fused-ring (bicyclic) bond motifs is 1. The van der Waals surface area contributed by atoms with Crippen LogP contribution in [0.25, 0.3) is 10.9 Å². The highest BCUT2D eigenvalue weighted by Gasteiger charge is 2.18. The van der Waals surface area contributed by atoms with Gasteiger partial charge in [-0.05, 0) is 81.2 Å². The highest BCUT2D eigenvalue weighted by molar-refractivity contribution is 6.05. The Morgan fingerprint density at radius 2 is 1.79 bits per heavy atom. The van der Waals surface area contributed by atoms with Gasteiger partial charge < -0.3 is 16.0 Å². The van der Waals surface area contributed by atoms with E-state index in [-0.39, 0.29) is 5.91 Å². The highest BCUT2D eigenvalue weighted by Crippen LogP contribution is 2.27. The molecule has 34 heavy (non-hydrogen) atoms. The molecule has 0 spiro atoms. The fourth-order valence-electron chi connectivity index (χ4n) is 4.11. The number of benzene rings is 2. The predicted octanol–water partition coefficient (Wildman–Crippen LogP) is 4.73. The first-order chi connectivity index (χ1) is 16.4. The maximum Gasteiger partial charge on any atom is 0.323 e. The molecule has 1 aliphatic rings. The van der Waals surface area contributed by atoms with Crippen LogP contribution in [0.4, 0.5) is 21.9 Å². The summed E-state index contributed by atoms with van der Waals surface area (Å²) in [5.74, 6) is 0.652. The number of nitrogens with one attached hydrogen (secondary N) is 3. The van der Waals surface area contributed by atoms with E-state index in [4.69, 9.17) is 5.26 Å². The summed E-state index contributed by atoms with van der Waals surface area (Å²) in [6.07, 6.45) is 2.23. The first-order valence-corrected chi connectivity index (χ1v) is 11.4. The van der Waals surface area contributed by atoms with Crippen molar-refractivity contribution in [3.63, 3.8) is 0 Å². The van der Waals surface area contributed by atoms with Gasteiger partial charge in [0.2, 0.25) is 5.91 Å². The lowest BCUT2D eigenvalue weighted by molar-refractivity contribution is -0.117. The second kappa shape index (κ2) is 10.3. The highest BCUT2D eigenvalue weighted by atomic mass is 16.2. The number of carbonyl (C=O) groups is 2. The molecule has 0 unspecified atom stereocenters. The van der Waals surface area contributed by atoms with Crippen molar-refractivity contribution in [2.75, 3.05) is 35.6 Å². The third kappa shape index (κ3) is 5.88. The summed E-state index contributed by atoms with van der Waals surface area (Å²) in [6.45, 7) is 6.36. The molecule has 8 heteroatoms. The van der Waals surface area contributed by atoms with E-state index >= 15 is 0 Å². The summed E-state index contributed by atoms with van der Waals surface area (Å²) in [6, 6.07) is 15.5. The number of rotatable bonds is 5. The number of aryl methyl sites for hydroxylation is 1.